The Labute approximate surface area is 150 Å². The second kappa shape index (κ2) is 6.48. The number of nitrogens with zero attached hydrogens (tertiary/aromatic N) is 3. The summed E-state index contributed by atoms with van der Waals surface area (Å²) in [5, 5.41) is 3.77. The first kappa shape index (κ1) is 16.1. The Kier molecular flexibility index (Phi) is 4.01. The number of rotatable bonds is 4. The van der Waals surface area contributed by atoms with Crippen LogP contribution in [0.5, 0.6) is 0 Å². The van der Waals surface area contributed by atoms with Crippen LogP contribution in [-0.4, -0.2) is 20.7 Å². The van der Waals surface area contributed by atoms with E-state index in [1.165, 1.54) is 0 Å². The number of esters is 1. The molecule has 0 N–H and O–H groups in total. The van der Waals surface area contributed by atoms with Crippen molar-refractivity contribution in [1.29, 1.82) is 0 Å². The Morgan fingerprint density at radius 1 is 1.12 bits per heavy atom. The first-order valence-electron chi connectivity index (χ1n) is 8.25. The first-order chi connectivity index (χ1) is 12.6. The first-order valence-corrected chi connectivity index (χ1v) is 8.25. The summed E-state index contributed by atoms with van der Waals surface area (Å²) >= 11 is 0. The van der Waals surface area contributed by atoms with E-state index in [4.69, 9.17) is 9.26 Å². The number of imidazole rings is 1. The van der Waals surface area contributed by atoms with E-state index < -0.39 is 5.97 Å². The van der Waals surface area contributed by atoms with E-state index in [2.05, 4.69) is 14.7 Å². The number of para-hydroxylation sites is 1. The summed E-state index contributed by atoms with van der Waals surface area (Å²) < 4.78 is 12.4. The highest BCUT2D eigenvalue weighted by Gasteiger charge is 2.14. The van der Waals surface area contributed by atoms with E-state index in [-0.39, 0.29) is 6.61 Å². The smallest absolute Gasteiger partial charge is 0.338 e. The van der Waals surface area contributed by atoms with Crippen molar-refractivity contribution in [1.82, 2.24) is 14.7 Å². The number of aromatic nitrogens is 3. The lowest BCUT2D eigenvalue weighted by atomic mass is 10.2. The second-order valence-electron chi connectivity index (χ2n) is 6.04. The lowest BCUT2D eigenvalue weighted by molar-refractivity contribution is 0.0437. The molecular weight excluding hydrogens is 330 g/mol. The molecule has 26 heavy (non-hydrogen) atoms. The normalized spacial score (nSPS) is 11.0. The summed E-state index contributed by atoms with van der Waals surface area (Å²) in [5.41, 5.74) is 3.92. The summed E-state index contributed by atoms with van der Waals surface area (Å²) in [7, 11) is 0. The van der Waals surface area contributed by atoms with Crippen molar-refractivity contribution in [3.05, 3.63) is 77.4 Å². The van der Waals surface area contributed by atoms with Crippen LogP contribution in [0, 0.1) is 13.8 Å². The topological polar surface area (TPSA) is 70.2 Å². The summed E-state index contributed by atoms with van der Waals surface area (Å²) in [5.74, 6) is 0.947. The van der Waals surface area contributed by atoms with E-state index in [0.717, 1.165) is 28.2 Å². The van der Waals surface area contributed by atoms with Crippen LogP contribution in [0.15, 0.2) is 59.1 Å². The number of hydrogen-bond acceptors (Lipinski definition) is 5. The molecular formula is C20H17N3O3. The van der Waals surface area contributed by atoms with Crippen LogP contribution < -0.4 is 0 Å². The van der Waals surface area contributed by atoms with Crippen molar-refractivity contribution in [3.8, 4) is 5.69 Å². The zero-order chi connectivity index (χ0) is 18.1. The van der Waals surface area contributed by atoms with Crippen molar-refractivity contribution in [2.24, 2.45) is 0 Å². The van der Waals surface area contributed by atoms with Gasteiger partial charge in [0, 0.05) is 11.8 Å². The molecule has 0 saturated carbocycles. The summed E-state index contributed by atoms with van der Waals surface area (Å²) in [6.45, 7) is 3.81. The highest BCUT2D eigenvalue weighted by molar-refractivity contribution is 5.94. The van der Waals surface area contributed by atoms with Gasteiger partial charge in [-0.1, -0.05) is 23.4 Å². The summed E-state index contributed by atoms with van der Waals surface area (Å²) in [6.07, 6.45) is 0. The van der Waals surface area contributed by atoms with Gasteiger partial charge in [-0.15, -0.1) is 0 Å². The van der Waals surface area contributed by atoms with Crippen LogP contribution >= 0.6 is 0 Å². The summed E-state index contributed by atoms with van der Waals surface area (Å²) in [4.78, 5) is 16.9. The highest BCUT2D eigenvalue weighted by Crippen LogP contribution is 2.22. The van der Waals surface area contributed by atoms with Crippen LogP contribution in [0.4, 0.5) is 0 Å². The molecule has 4 rings (SSSR count). The molecule has 0 aliphatic rings. The minimum atomic E-state index is -0.423. The van der Waals surface area contributed by atoms with Gasteiger partial charge in [0.15, 0.2) is 12.4 Å². The Bertz CT molecular complexity index is 1080. The number of carbonyl (C=O) groups is 1. The third-order valence-electron chi connectivity index (χ3n) is 4.09. The molecule has 0 saturated heterocycles. The molecule has 0 fully saturated rings. The maximum absolute atomic E-state index is 12.3. The molecule has 0 bridgehead atoms. The quantitative estimate of drug-likeness (QED) is 0.522. The third-order valence-corrected chi connectivity index (χ3v) is 4.09. The van der Waals surface area contributed by atoms with Gasteiger partial charge in [-0.2, -0.15) is 0 Å². The van der Waals surface area contributed by atoms with E-state index in [0.29, 0.717) is 11.3 Å². The number of benzene rings is 2. The molecule has 0 unspecified atom stereocenters. The molecule has 2 heterocycles. The molecule has 0 radical (unpaired) electrons. The molecule has 6 nitrogen and oxygen atoms in total. The average Bonchev–Trinajstić information content (AvgIpc) is 3.21. The Hall–Kier alpha value is -3.41. The van der Waals surface area contributed by atoms with Crippen LogP contribution in [0.1, 0.15) is 27.6 Å². The third kappa shape index (κ3) is 2.97. The molecule has 2 aromatic carbocycles. The van der Waals surface area contributed by atoms with Gasteiger partial charge in [0.05, 0.1) is 22.3 Å². The molecule has 6 heteroatoms. The molecule has 0 spiro atoms. The number of aryl methyl sites for hydroxylation is 2. The van der Waals surface area contributed by atoms with Gasteiger partial charge >= 0.3 is 5.97 Å². The fraction of sp³-hybridized carbons (Fsp3) is 0.150. The van der Waals surface area contributed by atoms with Crippen molar-refractivity contribution < 1.29 is 14.1 Å². The molecule has 4 aromatic rings. The molecule has 0 atom stereocenters. The van der Waals surface area contributed by atoms with E-state index >= 15 is 0 Å². The van der Waals surface area contributed by atoms with Crippen molar-refractivity contribution >= 4 is 17.0 Å². The van der Waals surface area contributed by atoms with E-state index in [9.17, 15) is 4.79 Å². The largest absolute Gasteiger partial charge is 0.454 e. The highest BCUT2D eigenvalue weighted by atomic mass is 16.5. The second-order valence-corrected chi connectivity index (χ2v) is 6.04. The molecule has 2 aromatic heterocycles. The predicted octanol–water partition coefficient (Wildman–Crippen LogP) is 3.99. The lowest BCUT2D eigenvalue weighted by Crippen LogP contribution is -2.05. The van der Waals surface area contributed by atoms with Gasteiger partial charge < -0.3 is 9.26 Å². The van der Waals surface area contributed by atoms with Crippen LogP contribution in [0.25, 0.3) is 16.7 Å². The van der Waals surface area contributed by atoms with Gasteiger partial charge in [0.2, 0.25) is 0 Å². The average molecular weight is 347 g/mol. The van der Waals surface area contributed by atoms with Gasteiger partial charge in [-0.05, 0) is 44.2 Å². The monoisotopic (exact) mass is 347 g/mol. The van der Waals surface area contributed by atoms with Crippen molar-refractivity contribution in [2.45, 2.75) is 20.5 Å². The van der Waals surface area contributed by atoms with Crippen molar-refractivity contribution in [3.63, 3.8) is 0 Å². The molecule has 130 valence electrons. The predicted molar refractivity (Wildman–Crippen MR) is 96.2 cm³/mol. The fourth-order valence-electron chi connectivity index (χ4n) is 2.94. The van der Waals surface area contributed by atoms with Crippen LogP contribution in [0.2, 0.25) is 0 Å². The minimum absolute atomic E-state index is 0.0508. The van der Waals surface area contributed by atoms with Crippen molar-refractivity contribution in [2.75, 3.05) is 0 Å². The van der Waals surface area contributed by atoms with Gasteiger partial charge in [0.25, 0.3) is 0 Å². The van der Waals surface area contributed by atoms with Crippen LogP contribution in [0.3, 0.4) is 0 Å². The Balaban J connectivity index is 1.61. The maximum atomic E-state index is 12.3. The Morgan fingerprint density at radius 2 is 1.92 bits per heavy atom. The molecule has 0 aliphatic carbocycles. The zero-order valence-electron chi connectivity index (χ0n) is 14.5. The molecule has 0 amide bonds. The molecule has 0 aliphatic heterocycles. The zero-order valence-corrected chi connectivity index (χ0v) is 14.5. The maximum Gasteiger partial charge on any atom is 0.338 e. The fourth-order valence-corrected chi connectivity index (χ4v) is 2.94. The van der Waals surface area contributed by atoms with E-state index in [1.807, 2.05) is 50.2 Å². The SMILES string of the molecule is Cc1cc(COC(=O)c2ccc3c(c2)nc(C)n3-c2ccccc2)on1. The standard InChI is InChI=1S/C20H17N3O3/c1-13-10-17(26-22-13)12-25-20(24)15-8-9-19-18(11-15)21-14(2)23(19)16-6-4-3-5-7-16/h3-11H,12H2,1-2H3. The van der Waals surface area contributed by atoms with Crippen LogP contribution in [-0.2, 0) is 11.3 Å². The number of hydrogen-bond donors (Lipinski definition) is 0. The van der Waals surface area contributed by atoms with E-state index in [1.54, 1.807) is 18.2 Å². The van der Waals surface area contributed by atoms with Gasteiger partial charge in [0.1, 0.15) is 5.82 Å². The number of fused-ring (bicyclic) bond motifs is 1. The number of carbonyl (C=O) groups excluding carboxylic acids is 1. The van der Waals surface area contributed by atoms with Gasteiger partial charge in [-0.3, -0.25) is 4.57 Å². The van der Waals surface area contributed by atoms with Gasteiger partial charge in [-0.25, -0.2) is 9.78 Å². The summed E-state index contributed by atoms with van der Waals surface area (Å²) in [6, 6.07) is 17.1. The minimum Gasteiger partial charge on any atom is -0.454 e. The Morgan fingerprint density at radius 3 is 2.65 bits per heavy atom. The number of ether oxygens (including phenoxy) is 1. The lowest BCUT2D eigenvalue weighted by Gasteiger charge is -2.07.